The number of morpholine rings is 1. The number of hydrogen-bond acceptors (Lipinski definition) is 1. The van der Waals surface area contributed by atoms with Crippen molar-refractivity contribution in [2.75, 3.05) is 25.0 Å². The fourth-order valence-corrected chi connectivity index (χ4v) is 2.41. The Bertz CT molecular complexity index is 291. The molecular weight excluding hydrogens is 254 g/mol. The molecule has 0 aromatic heterocycles. The number of rotatable bonds is 3. The Morgan fingerprint density at radius 3 is 2.87 bits per heavy atom. The molecule has 0 bridgehead atoms. The fourth-order valence-electron chi connectivity index (χ4n) is 2.00. The molecule has 0 aliphatic carbocycles. The van der Waals surface area contributed by atoms with Crippen LogP contribution in [0.4, 0.5) is 0 Å². The molecule has 0 spiro atoms. The minimum atomic E-state index is 0.387. The van der Waals surface area contributed by atoms with Crippen molar-refractivity contribution in [3.05, 3.63) is 35.9 Å². The quantitative estimate of drug-likeness (QED) is 0.805. The topological polar surface area (TPSA) is 13.7 Å². The number of alkyl halides is 1. The molecule has 1 fully saturated rings. The molecule has 1 heterocycles. The van der Waals surface area contributed by atoms with Crippen molar-refractivity contribution in [2.45, 2.75) is 12.6 Å². The second kappa shape index (κ2) is 5.64. The molecule has 1 aromatic rings. The Morgan fingerprint density at radius 2 is 2.13 bits per heavy atom. The first kappa shape index (κ1) is 11.1. The van der Waals surface area contributed by atoms with E-state index in [1.165, 1.54) is 5.56 Å². The fraction of sp³-hybridized carbons (Fsp3) is 0.500. The summed E-state index contributed by atoms with van der Waals surface area (Å²) in [6.45, 7) is 4.24. The standard InChI is InChI=1S/C12H16BrNO/c13-8-12-10-14(6-7-15-12)9-11-4-2-1-3-5-11/h1-5,12H,6-10H2/p+1/t12-/m0/s1. The van der Waals surface area contributed by atoms with Gasteiger partial charge in [0.25, 0.3) is 0 Å². The molecule has 0 saturated carbocycles. The van der Waals surface area contributed by atoms with Crippen molar-refractivity contribution in [2.24, 2.45) is 0 Å². The average Bonchev–Trinajstić information content (AvgIpc) is 2.31. The Balaban J connectivity index is 1.89. The third kappa shape index (κ3) is 3.30. The number of nitrogens with one attached hydrogen (secondary N) is 1. The van der Waals surface area contributed by atoms with Gasteiger partial charge in [0.2, 0.25) is 0 Å². The van der Waals surface area contributed by atoms with E-state index >= 15 is 0 Å². The summed E-state index contributed by atoms with van der Waals surface area (Å²) >= 11 is 3.49. The zero-order valence-electron chi connectivity index (χ0n) is 8.79. The van der Waals surface area contributed by atoms with E-state index in [4.69, 9.17) is 4.74 Å². The number of ether oxygens (including phenoxy) is 1. The Hall–Kier alpha value is -0.380. The molecule has 2 atom stereocenters. The van der Waals surface area contributed by atoms with Gasteiger partial charge in [0.05, 0.1) is 6.61 Å². The first-order valence-electron chi connectivity index (χ1n) is 5.43. The van der Waals surface area contributed by atoms with E-state index < -0.39 is 0 Å². The van der Waals surface area contributed by atoms with E-state index in [1.807, 2.05) is 0 Å². The van der Waals surface area contributed by atoms with Crippen LogP contribution in [0.3, 0.4) is 0 Å². The predicted molar refractivity (Wildman–Crippen MR) is 64.4 cm³/mol. The highest BCUT2D eigenvalue weighted by molar-refractivity contribution is 9.09. The van der Waals surface area contributed by atoms with Gasteiger partial charge in [-0.1, -0.05) is 46.3 Å². The summed E-state index contributed by atoms with van der Waals surface area (Å²) in [4.78, 5) is 1.62. The molecule has 3 heteroatoms. The van der Waals surface area contributed by atoms with Crippen LogP contribution >= 0.6 is 15.9 Å². The lowest BCUT2D eigenvalue weighted by molar-refractivity contribution is -0.924. The van der Waals surface area contributed by atoms with Gasteiger partial charge in [0, 0.05) is 10.9 Å². The van der Waals surface area contributed by atoms with E-state index in [1.54, 1.807) is 4.90 Å². The van der Waals surface area contributed by atoms with Crippen LogP contribution in [-0.2, 0) is 11.3 Å². The van der Waals surface area contributed by atoms with Crippen LogP contribution in [0.2, 0.25) is 0 Å². The summed E-state index contributed by atoms with van der Waals surface area (Å²) in [6.07, 6.45) is 0.387. The van der Waals surface area contributed by atoms with Crippen LogP contribution in [0.1, 0.15) is 5.56 Å². The predicted octanol–water partition coefficient (Wildman–Crippen LogP) is 0.865. The van der Waals surface area contributed by atoms with Crippen molar-refractivity contribution in [3.63, 3.8) is 0 Å². The van der Waals surface area contributed by atoms with Gasteiger partial charge in [-0.15, -0.1) is 0 Å². The molecule has 1 aromatic carbocycles. The second-order valence-electron chi connectivity index (χ2n) is 4.01. The molecular formula is C12H17BrNO+. The third-order valence-electron chi connectivity index (χ3n) is 2.79. The third-order valence-corrected chi connectivity index (χ3v) is 3.52. The molecule has 1 aliphatic heterocycles. The average molecular weight is 271 g/mol. The zero-order chi connectivity index (χ0) is 10.5. The summed E-state index contributed by atoms with van der Waals surface area (Å²) in [7, 11) is 0. The molecule has 1 aliphatic rings. The summed E-state index contributed by atoms with van der Waals surface area (Å²) < 4.78 is 5.63. The zero-order valence-corrected chi connectivity index (χ0v) is 10.4. The van der Waals surface area contributed by atoms with Crippen molar-refractivity contribution in [3.8, 4) is 0 Å². The minimum absolute atomic E-state index is 0.387. The van der Waals surface area contributed by atoms with E-state index in [0.29, 0.717) is 6.10 Å². The Kier molecular flexibility index (Phi) is 4.18. The van der Waals surface area contributed by atoms with Gasteiger partial charge in [0.1, 0.15) is 25.7 Å². The highest BCUT2D eigenvalue weighted by atomic mass is 79.9. The molecule has 15 heavy (non-hydrogen) atoms. The lowest BCUT2D eigenvalue weighted by Gasteiger charge is -2.29. The second-order valence-corrected chi connectivity index (χ2v) is 4.66. The molecule has 2 nitrogen and oxygen atoms in total. The van der Waals surface area contributed by atoms with Gasteiger partial charge in [-0.2, -0.15) is 0 Å². The van der Waals surface area contributed by atoms with Crippen molar-refractivity contribution < 1.29 is 9.64 Å². The molecule has 2 rings (SSSR count). The van der Waals surface area contributed by atoms with Gasteiger partial charge < -0.3 is 9.64 Å². The molecule has 0 amide bonds. The van der Waals surface area contributed by atoms with Crippen LogP contribution in [-0.4, -0.2) is 31.1 Å². The van der Waals surface area contributed by atoms with E-state index in [9.17, 15) is 0 Å². The number of benzene rings is 1. The Morgan fingerprint density at radius 1 is 1.33 bits per heavy atom. The SMILES string of the molecule is BrC[C@H]1C[NH+](Cc2ccccc2)CCO1. The molecule has 1 saturated heterocycles. The maximum Gasteiger partial charge on any atom is 0.116 e. The summed E-state index contributed by atoms with van der Waals surface area (Å²) in [6, 6.07) is 10.7. The lowest BCUT2D eigenvalue weighted by atomic mass is 10.2. The van der Waals surface area contributed by atoms with Gasteiger partial charge in [0.15, 0.2) is 0 Å². The smallest absolute Gasteiger partial charge is 0.116 e. The van der Waals surface area contributed by atoms with Gasteiger partial charge in [-0.25, -0.2) is 0 Å². The van der Waals surface area contributed by atoms with Gasteiger partial charge in [-0.3, -0.25) is 0 Å². The monoisotopic (exact) mass is 270 g/mol. The van der Waals surface area contributed by atoms with Crippen LogP contribution < -0.4 is 4.90 Å². The number of halogens is 1. The van der Waals surface area contributed by atoms with Crippen LogP contribution in [0.25, 0.3) is 0 Å². The summed E-state index contributed by atoms with van der Waals surface area (Å²) in [5.74, 6) is 0. The largest absolute Gasteiger partial charge is 0.366 e. The van der Waals surface area contributed by atoms with E-state index in [0.717, 1.165) is 31.6 Å². The van der Waals surface area contributed by atoms with Crippen LogP contribution in [0, 0.1) is 0 Å². The maximum atomic E-state index is 5.63. The number of quaternary nitrogens is 1. The highest BCUT2D eigenvalue weighted by Crippen LogP contribution is 1.99. The normalized spacial score (nSPS) is 26.5. The van der Waals surface area contributed by atoms with Gasteiger partial charge >= 0.3 is 0 Å². The summed E-state index contributed by atoms with van der Waals surface area (Å²) in [5.41, 5.74) is 1.42. The van der Waals surface area contributed by atoms with Crippen molar-refractivity contribution in [1.82, 2.24) is 0 Å². The van der Waals surface area contributed by atoms with Crippen molar-refractivity contribution in [1.29, 1.82) is 0 Å². The minimum Gasteiger partial charge on any atom is -0.366 e. The first-order chi connectivity index (χ1) is 7.38. The Labute approximate surface area is 99.4 Å². The van der Waals surface area contributed by atoms with Crippen LogP contribution in [0.5, 0.6) is 0 Å². The number of hydrogen-bond donors (Lipinski definition) is 1. The van der Waals surface area contributed by atoms with E-state index in [-0.39, 0.29) is 0 Å². The lowest BCUT2D eigenvalue weighted by Crippen LogP contribution is -3.13. The molecule has 82 valence electrons. The van der Waals surface area contributed by atoms with E-state index in [2.05, 4.69) is 46.3 Å². The van der Waals surface area contributed by atoms with Gasteiger partial charge in [-0.05, 0) is 0 Å². The summed E-state index contributed by atoms with van der Waals surface area (Å²) in [5, 5.41) is 0.950. The molecule has 0 radical (unpaired) electrons. The molecule has 1 N–H and O–H groups in total. The maximum absolute atomic E-state index is 5.63. The first-order valence-corrected chi connectivity index (χ1v) is 6.55. The molecule has 1 unspecified atom stereocenters. The van der Waals surface area contributed by atoms with Crippen LogP contribution in [0.15, 0.2) is 30.3 Å². The highest BCUT2D eigenvalue weighted by Gasteiger charge is 2.22. The van der Waals surface area contributed by atoms with Crippen molar-refractivity contribution >= 4 is 15.9 Å².